The first-order valence-electron chi connectivity index (χ1n) is 8.05. The van der Waals surface area contributed by atoms with Gasteiger partial charge < -0.3 is 4.74 Å². The predicted octanol–water partition coefficient (Wildman–Crippen LogP) is 3.99. The van der Waals surface area contributed by atoms with Crippen LogP contribution in [0.4, 0.5) is 0 Å². The van der Waals surface area contributed by atoms with E-state index >= 15 is 0 Å². The van der Waals surface area contributed by atoms with Gasteiger partial charge in [0.1, 0.15) is 0 Å². The van der Waals surface area contributed by atoms with E-state index in [9.17, 15) is 8.42 Å². The second-order valence-electron chi connectivity index (χ2n) is 6.02. The van der Waals surface area contributed by atoms with Crippen molar-refractivity contribution in [1.82, 2.24) is 0 Å². The zero-order chi connectivity index (χ0) is 16.6. The van der Waals surface area contributed by atoms with Gasteiger partial charge in [0.15, 0.2) is 0 Å². The van der Waals surface area contributed by atoms with E-state index in [2.05, 4.69) is 12.1 Å². The molecule has 1 aliphatic carbocycles. The summed E-state index contributed by atoms with van der Waals surface area (Å²) in [6, 6.07) is 18.8. The Labute approximate surface area is 142 Å². The Morgan fingerprint density at radius 2 is 1.46 bits per heavy atom. The zero-order valence-electron chi connectivity index (χ0n) is 13.2. The predicted molar refractivity (Wildman–Crippen MR) is 94.1 cm³/mol. The smallest absolute Gasteiger partial charge is 0.203 e. The molecule has 2 aromatic rings. The van der Waals surface area contributed by atoms with Crippen molar-refractivity contribution in [3.8, 4) is 0 Å². The molecule has 0 saturated carbocycles. The SMILES string of the molecule is O=S(=O)(C1=C2CC(c3ccccc3)=C2COCC1)c1ccccc1. The van der Waals surface area contributed by atoms with Gasteiger partial charge >= 0.3 is 0 Å². The maximum Gasteiger partial charge on any atom is 0.203 e. The quantitative estimate of drug-likeness (QED) is 0.850. The fourth-order valence-electron chi connectivity index (χ4n) is 3.35. The lowest BCUT2D eigenvalue weighted by atomic mass is 9.79. The lowest BCUT2D eigenvalue weighted by Gasteiger charge is -2.28. The highest BCUT2D eigenvalue weighted by atomic mass is 32.2. The molecular formula is C20H18O3S. The van der Waals surface area contributed by atoms with Gasteiger partial charge in [0.2, 0.25) is 9.84 Å². The molecule has 1 aliphatic heterocycles. The molecule has 1 heterocycles. The Kier molecular flexibility index (Phi) is 3.87. The minimum atomic E-state index is -3.46. The van der Waals surface area contributed by atoms with Crippen LogP contribution in [-0.4, -0.2) is 21.6 Å². The summed E-state index contributed by atoms with van der Waals surface area (Å²) < 4.78 is 31.8. The van der Waals surface area contributed by atoms with Gasteiger partial charge in [0.25, 0.3) is 0 Å². The maximum absolute atomic E-state index is 13.0. The molecule has 4 heteroatoms. The molecule has 0 fully saturated rings. The summed E-state index contributed by atoms with van der Waals surface area (Å²) >= 11 is 0. The first-order chi connectivity index (χ1) is 11.7. The summed E-state index contributed by atoms with van der Waals surface area (Å²) in [7, 11) is -3.46. The maximum atomic E-state index is 13.0. The van der Waals surface area contributed by atoms with Crippen molar-refractivity contribution in [2.75, 3.05) is 13.2 Å². The minimum absolute atomic E-state index is 0.363. The van der Waals surface area contributed by atoms with E-state index < -0.39 is 9.84 Å². The average Bonchev–Trinajstić information content (AvgIpc) is 2.76. The van der Waals surface area contributed by atoms with Gasteiger partial charge in [-0.15, -0.1) is 0 Å². The molecule has 0 aromatic heterocycles. The summed E-state index contributed by atoms with van der Waals surface area (Å²) in [4.78, 5) is 0.891. The Hall–Kier alpha value is -2.17. The van der Waals surface area contributed by atoms with Gasteiger partial charge in [-0.3, -0.25) is 0 Å². The Balaban J connectivity index is 1.82. The summed E-state index contributed by atoms with van der Waals surface area (Å²) in [5.41, 5.74) is 4.36. The topological polar surface area (TPSA) is 43.4 Å². The number of rotatable bonds is 3. The molecule has 0 saturated heterocycles. The van der Waals surface area contributed by atoms with Gasteiger partial charge in [0, 0.05) is 6.42 Å². The molecule has 0 atom stereocenters. The molecule has 122 valence electrons. The molecular weight excluding hydrogens is 320 g/mol. The lowest BCUT2D eigenvalue weighted by molar-refractivity contribution is 0.165. The minimum Gasteiger partial charge on any atom is -0.376 e. The molecule has 0 N–H and O–H groups in total. The summed E-state index contributed by atoms with van der Waals surface area (Å²) in [5.74, 6) is 0. The summed E-state index contributed by atoms with van der Waals surface area (Å²) in [5, 5.41) is 0. The average molecular weight is 338 g/mol. The molecule has 24 heavy (non-hydrogen) atoms. The second kappa shape index (κ2) is 6.04. The highest BCUT2D eigenvalue weighted by molar-refractivity contribution is 7.95. The zero-order valence-corrected chi connectivity index (χ0v) is 14.1. The number of benzene rings is 2. The number of ether oxygens (including phenoxy) is 1. The van der Waals surface area contributed by atoms with Gasteiger partial charge in [-0.2, -0.15) is 0 Å². The molecule has 4 rings (SSSR count). The van der Waals surface area contributed by atoms with E-state index in [-0.39, 0.29) is 0 Å². The van der Waals surface area contributed by atoms with Gasteiger partial charge in [0.05, 0.1) is 23.0 Å². The van der Waals surface area contributed by atoms with Crippen LogP contribution >= 0.6 is 0 Å². The van der Waals surface area contributed by atoms with Crippen LogP contribution in [0, 0.1) is 0 Å². The summed E-state index contributed by atoms with van der Waals surface area (Å²) in [6.07, 6.45) is 1.14. The van der Waals surface area contributed by atoms with Crippen molar-refractivity contribution >= 4 is 15.4 Å². The Morgan fingerprint density at radius 3 is 2.17 bits per heavy atom. The lowest BCUT2D eigenvalue weighted by Crippen LogP contribution is -2.16. The van der Waals surface area contributed by atoms with Crippen LogP contribution in [0.3, 0.4) is 0 Å². The van der Waals surface area contributed by atoms with E-state index in [4.69, 9.17) is 4.74 Å². The number of hydrogen-bond acceptors (Lipinski definition) is 3. The highest BCUT2D eigenvalue weighted by Crippen LogP contribution is 2.46. The number of allylic oxidation sites excluding steroid dienone is 1. The van der Waals surface area contributed by atoms with Crippen LogP contribution < -0.4 is 0 Å². The van der Waals surface area contributed by atoms with Gasteiger partial charge in [-0.05, 0) is 40.8 Å². The normalized spacial score (nSPS) is 18.0. The molecule has 2 aliphatic rings. The second-order valence-corrected chi connectivity index (χ2v) is 7.99. The van der Waals surface area contributed by atoms with Crippen LogP contribution in [0.2, 0.25) is 0 Å². The summed E-state index contributed by atoms with van der Waals surface area (Å²) in [6.45, 7) is 0.934. The van der Waals surface area contributed by atoms with Crippen LogP contribution in [0.5, 0.6) is 0 Å². The van der Waals surface area contributed by atoms with Crippen molar-refractivity contribution < 1.29 is 13.2 Å². The largest absolute Gasteiger partial charge is 0.376 e. The third-order valence-corrected chi connectivity index (χ3v) is 6.63. The van der Waals surface area contributed by atoms with E-state index in [0.29, 0.717) is 35.9 Å². The fraction of sp³-hybridized carbons (Fsp3) is 0.200. The molecule has 2 aromatic carbocycles. The van der Waals surface area contributed by atoms with Gasteiger partial charge in [-0.1, -0.05) is 48.5 Å². The van der Waals surface area contributed by atoms with Crippen LogP contribution in [0.15, 0.2) is 81.6 Å². The molecule has 0 amide bonds. The first kappa shape index (κ1) is 15.4. The highest BCUT2D eigenvalue weighted by Gasteiger charge is 2.34. The number of sulfone groups is 1. The van der Waals surface area contributed by atoms with Crippen molar-refractivity contribution in [3.05, 3.63) is 82.3 Å². The van der Waals surface area contributed by atoms with Crippen molar-refractivity contribution in [3.63, 3.8) is 0 Å². The first-order valence-corrected chi connectivity index (χ1v) is 9.54. The van der Waals surface area contributed by atoms with Crippen molar-refractivity contribution in [1.29, 1.82) is 0 Å². The standard InChI is InChI=1S/C20H18O3S/c21-24(22,16-9-5-2-6-10-16)20-11-12-23-14-19-17(13-18(19)20)15-7-3-1-4-8-15/h1-10H,11-14H2. The number of hydrogen-bond donors (Lipinski definition) is 0. The van der Waals surface area contributed by atoms with Gasteiger partial charge in [-0.25, -0.2) is 8.42 Å². The molecule has 0 bridgehead atoms. The van der Waals surface area contributed by atoms with E-state index in [1.165, 1.54) is 5.57 Å². The van der Waals surface area contributed by atoms with E-state index in [0.717, 1.165) is 16.7 Å². The monoisotopic (exact) mass is 338 g/mol. The molecule has 0 radical (unpaired) electrons. The van der Waals surface area contributed by atoms with Crippen molar-refractivity contribution in [2.24, 2.45) is 0 Å². The molecule has 0 unspecified atom stereocenters. The molecule has 3 nitrogen and oxygen atoms in total. The fourth-order valence-corrected chi connectivity index (χ4v) is 5.02. The van der Waals surface area contributed by atoms with E-state index in [1.54, 1.807) is 24.3 Å². The van der Waals surface area contributed by atoms with Crippen LogP contribution in [0.1, 0.15) is 18.4 Å². The number of fused-ring (bicyclic) bond motifs is 1. The van der Waals surface area contributed by atoms with E-state index in [1.807, 2.05) is 24.3 Å². The third-order valence-electron chi connectivity index (χ3n) is 4.64. The van der Waals surface area contributed by atoms with Crippen molar-refractivity contribution in [2.45, 2.75) is 17.7 Å². The Bertz CT molecular complexity index is 923. The van der Waals surface area contributed by atoms with Crippen LogP contribution in [0.25, 0.3) is 5.57 Å². The third kappa shape index (κ3) is 2.52. The van der Waals surface area contributed by atoms with Crippen LogP contribution in [-0.2, 0) is 14.6 Å². The Morgan fingerprint density at radius 1 is 0.792 bits per heavy atom. The molecule has 0 spiro atoms.